The minimum atomic E-state index is -0.398. The Labute approximate surface area is 153 Å². The van der Waals surface area contributed by atoms with E-state index < -0.39 is 5.92 Å². The normalized spacial score (nSPS) is 12.2. The van der Waals surface area contributed by atoms with Crippen molar-refractivity contribution in [3.05, 3.63) is 57.6 Å². The van der Waals surface area contributed by atoms with Crippen LogP contribution in [0.3, 0.4) is 0 Å². The number of nitrogens with one attached hydrogen (secondary N) is 1. The van der Waals surface area contributed by atoms with E-state index in [-0.39, 0.29) is 11.9 Å². The number of rotatable bonds is 5. The lowest BCUT2D eigenvalue weighted by atomic mass is 9.99. The Morgan fingerprint density at radius 2 is 2.04 bits per heavy atom. The summed E-state index contributed by atoms with van der Waals surface area (Å²) in [4.78, 5) is 16.6. The summed E-state index contributed by atoms with van der Waals surface area (Å²) >= 11 is 3.41. The van der Waals surface area contributed by atoms with Crippen molar-refractivity contribution in [1.29, 1.82) is 0 Å². The van der Waals surface area contributed by atoms with Gasteiger partial charge in [-0.05, 0) is 38.5 Å². The zero-order valence-corrected chi connectivity index (χ0v) is 15.7. The number of nitrogens with zero attached hydrogens (tertiary/aromatic N) is 4. The standard InChI is InChI=1S/C17H18BrN5O2/c1-10(15-11(2)22-25-12(15)3)16(24)20-17-19-9-23(21-17)8-13-4-6-14(18)7-5-13/h4-7,9-10H,8H2,1-3H3,(H,20,21,24). The fourth-order valence-electron chi connectivity index (χ4n) is 2.66. The van der Waals surface area contributed by atoms with Crippen molar-refractivity contribution in [3.63, 3.8) is 0 Å². The molecule has 2 aromatic heterocycles. The number of hydrogen-bond donors (Lipinski definition) is 1. The first kappa shape index (κ1) is 17.3. The highest BCUT2D eigenvalue weighted by molar-refractivity contribution is 9.10. The largest absolute Gasteiger partial charge is 0.361 e. The first-order chi connectivity index (χ1) is 11.9. The maximum atomic E-state index is 12.4. The van der Waals surface area contributed by atoms with Gasteiger partial charge in [0.1, 0.15) is 12.1 Å². The van der Waals surface area contributed by atoms with Gasteiger partial charge in [0.25, 0.3) is 0 Å². The van der Waals surface area contributed by atoms with Gasteiger partial charge in [0, 0.05) is 10.0 Å². The molecular formula is C17H18BrN5O2. The van der Waals surface area contributed by atoms with Gasteiger partial charge in [-0.3, -0.25) is 10.1 Å². The van der Waals surface area contributed by atoms with Crippen LogP contribution in [0.2, 0.25) is 0 Å². The second-order valence-corrected chi connectivity index (χ2v) is 6.76. The number of carbonyl (C=O) groups is 1. The molecule has 1 unspecified atom stereocenters. The van der Waals surface area contributed by atoms with Crippen LogP contribution in [0.1, 0.15) is 35.4 Å². The van der Waals surface area contributed by atoms with Gasteiger partial charge < -0.3 is 4.52 Å². The molecule has 130 valence electrons. The SMILES string of the molecule is Cc1noc(C)c1C(C)C(=O)Nc1ncn(Cc2ccc(Br)cc2)n1. The van der Waals surface area contributed by atoms with Crippen LogP contribution in [0.25, 0.3) is 0 Å². The predicted octanol–water partition coefficient (Wildman–Crippen LogP) is 3.44. The summed E-state index contributed by atoms with van der Waals surface area (Å²) in [6, 6.07) is 7.95. The van der Waals surface area contributed by atoms with Gasteiger partial charge in [0.05, 0.1) is 18.2 Å². The highest BCUT2D eigenvalue weighted by atomic mass is 79.9. The van der Waals surface area contributed by atoms with E-state index in [4.69, 9.17) is 4.52 Å². The molecule has 3 rings (SSSR count). The molecule has 0 saturated heterocycles. The Balaban J connectivity index is 1.66. The fraction of sp³-hybridized carbons (Fsp3) is 0.294. The summed E-state index contributed by atoms with van der Waals surface area (Å²) < 4.78 is 7.83. The second-order valence-electron chi connectivity index (χ2n) is 5.84. The smallest absolute Gasteiger partial charge is 0.248 e. The maximum Gasteiger partial charge on any atom is 0.248 e. The molecule has 3 aromatic rings. The Bertz CT molecular complexity index is 865. The molecule has 8 heteroatoms. The van der Waals surface area contributed by atoms with Crippen molar-refractivity contribution < 1.29 is 9.32 Å². The topological polar surface area (TPSA) is 85.8 Å². The molecule has 7 nitrogen and oxygen atoms in total. The second kappa shape index (κ2) is 7.18. The van der Waals surface area contributed by atoms with Crippen molar-refractivity contribution in [2.75, 3.05) is 5.32 Å². The van der Waals surface area contributed by atoms with Crippen LogP contribution in [-0.2, 0) is 11.3 Å². The summed E-state index contributed by atoms with van der Waals surface area (Å²) in [6.07, 6.45) is 1.60. The molecular weight excluding hydrogens is 386 g/mol. The third-order valence-corrected chi connectivity index (χ3v) is 4.47. The number of halogens is 1. The minimum Gasteiger partial charge on any atom is -0.361 e. The van der Waals surface area contributed by atoms with Gasteiger partial charge >= 0.3 is 0 Å². The Morgan fingerprint density at radius 3 is 2.68 bits per heavy atom. The quantitative estimate of drug-likeness (QED) is 0.704. The predicted molar refractivity (Wildman–Crippen MR) is 96.3 cm³/mol. The van der Waals surface area contributed by atoms with Gasteiger partial charge in [-0.15, -0.1) is 5.10 Å². The van der Waals surface area contributed by atoms with Crippen molar-refractivity contribution in [1.82, 2.24) is 19.9 Å². The van der Waals surface area contributed by atoms with E-state index in [0.29, 0.717) is 18.0 Å². The molecule has 0 aliphatic carbocycles. The number of aromatic nitrogens is 4. The number of amides is 1. The lowest BCUT2D eigenvalue weighted by Gasteiger charge is -2.09. The summed E-state index contributed by atoms with van der Waals surface area (Å²) in [5.41, 5.74) is 2.61. The number of carbonyl (C=O) groups excluding carboxylic acids is 1. The summed E-state index contributed by atoms with van der Waals surface area (Å²) in [6.45, 7) is 6.00. The summed E-state index contributed by atoms with van der Waals surface area (Å²) in [7, 11) is 0. The molecule has 2 heterocycles. The van der Waals surface area contributed by atoms with E-state index in [1.165, 1.54) is 0 Å². The molecule has 0 radical (unpaired) electrons. The zero-order valence-electron chi connectivity index (χ0n) is 14.2. The molecule has 0 aliphatic heterocycles. The van der Waals surface area contributed by atoms with Crippen LogP contribution in [0, 0.1) is 13.8 Å². The van der Waals surface area contributed by atoms with Crippen molar-refractivity contribution in [2.45, 2.75) is 33.2 Å². The Morgan fingerprint density at radius 1 is 1.32 bits per heavy atom. The minimum absolute atomic E-state index is 0.198. The van der Waals surface area contributed by atoms with Crippen LogP contribution in [-0.4, -0.2) is 25.8 Å². The van der Waals surface area contributed by atoms with Gasteiger partial charge in [-0.1, -0.05) is 33.2 Å². The molecule has 0 saturated carbocycles. The molecule has 0 spiro atoms. The van der Waals surface area contributed by atoms with Crippen molar-refractivity contribution in [3.8, 4) is 0 Å². The monoisotopic (exact) mass is 403 g/mol. The highest BCUT2D eigenvalue weighted by Gasteiger charge is 2.23. The fourth-order valence-corrected chi connectivity index (χ4v) is 2.93. The lowest BCUT2D eigenvalue weighted by Crippen LogP contribution is -2.20. The third kappa shape index (κ3) is 3.96. The van der Waals surface area contributed by atoms with E-state index >= 15 is 0 Å². The average Bonchev–Trinajstić information content (AvgIpc) is 3.15. The molecule has 1 aromatic carbocycles. The molecule has 0 fully saturated rings. The Hall–Kier alpha value is -2.48. The van der Waals surface area contributed by atoms with E-state index in [1.54, 1.807) is 24.9 Å². The van der Waals surface area contributed by atoms with Crippen molar-refractivity contribution in [2.24, 2.45) is 0 Å². The number of anilines is 1. The van der Waals surface area contributed by atoms with Crippen LogP contribution in [0.4, 0.5) is 5.95 Å². The lowest BCUT2D eigenvalue weighted by molar-refractivity contribution is -0.117. The first-order valence-electron chi connectivity index (χ1n) is 7.81. The molecule has 1 atom stereocenters. The van der Waals surface area contributed by atoms with Gasteiger partial charge in [-0.2, -0.15) is 0 Å². The Kier molecular flexibility index (Phi) is 4.98. The third-order valence-electron chi connectivity index (χ3n) is 3.94. The van der Waals surface area contributed by atoms with E-state index in [9.17, 15) is 4.79 Å². The van der Waals surface area contributed by atoms with E-state index in [2.05, 4.69) is 36.5 Å². The molecule has 1 amide bonds. The van der Waals surface area contributed by atoms with Gasteiger partial charge in [-0.25, -0.2) is 9.67 Å². The van der Waals surface area contributed by atoms with Crippen LogP contribution in [0.5, 0.6) is 0 Å². The van der Waals surface area contributed by atoms with Crippen molar-refractivity contribution >= 4 is 27.8 Å². The van der Waals surface area contributed by atoms with Gasteiger partial charge in [0.2, 0.25) is 11.9 Å². The maximum absolute atomic E-state index is 12.4. The van der Waals surface area contributed by atoms with Crippen LogP contribution >= 0.6 is 15.9 Å². The van der Waals surface area contributed by atoms with Gasteiger partial charge in [0.15, 0.2) is 0 Å². The van der Waals surface area contributed by atoms with Crippen LogP contribution < -0.4 is 5.32 Å². The zero-order chi connectivity index (χ0) is 18.0. The highest BCUT2D eigenvalue weighted by Crippen LogP contribution is 2.24. The average molecular weight is 404 g/mol. The van der Waals surface area contributed by atoms with Crippen LogP contribution in [0.15, 0.2) is 39.6 Å². The number of aryl methyl sites for hydroxylation is 2. The molecule has 0 bridgehead atoms. The summed E-state index contributed by atoms with van der Waals surface area (Å²) in [5, 5.41) is 10.9. The number of hydrogen-bond acceptors (Lipinski definition) is 5. The summed E-state index contributed by atoms with van der Waals surface area (Å²) in [5.74, 6) is 0.329. The first-order valence-corrected chi connectivity index (χ1v) is 8.61. The van der Waals surface area contributed by atoms with E-state index in [1.807, 2.05) is 31.2 Å². The molecule has 0 aliphatic rings. The number of benzene rings is 1. The molecule has 25 heavy (non-hydrogen) atoms. The van der Waals surface area contributed by atoms with E-state index in [0.717, 1.165) is 15.6 Å². The molecule has 1 N–H and O–H groups in total.